The standard InChI is InChI=1S/C10H15ClN2O/c1-13(7-12)6-8-3-4-10(14-2)9(11)5-8/h3-5H,6-7,12H2,1-2H3. The van der Waals surface area contributed by atoms with Gasteiger partial charge in [0.1, 0.15) is 5.75 Å². The van der Waals surface area contributed by atoms with E-state index in [1.807, 2.05) is 30.1 Å². The average molecular weight is 215 g/mol. The summed E-state index contributed by atoms with van der Waals surface area (Å²) in [4.78, 5) is 2.00. The minimum atomic E-state index is 0.531. The fraction of sp³-hybridized carbons (Fsp3) is 0.400. The number of ether oxygens (including phenoxy) is 1. The molecule has 0 aliphatic carbocycles. The van der Waals surface area contributed by atoms with Crippen molar-refractivity contribution in [3.8, 4) is 5.75 Å². The minimum absolute atomic E-state index is 0.531. The summed E-state index contributed by atoms with van der Waals surface area (Å²) in [7, 11) is 3.56. The highest BCUT2D eigenvalue weighted by molar-refractivity contribution is 6.32. The van der Waals surface area contributed by atoms with Gasteiger partial charge in [-0.15, -0.1) is 0 Å². The number of rotatable bonds is 4. The van der Waals surface area contributed by atoms with Crippen molar-refractivity contribution in [3.05, 3.63) is 28.8 Å². The second kappa shape index (κ2) is 5.20. The van der Waals surface area contributed by atoms with E-state index in [0.717, 1.165) is 12.1 Å². The van der Waals surface area contributed by atoms with Gasteiger partial charge in [-0.2, -0.15) is 0 Å². The van der Waals surface area contributed by atoms with Crippen LogP contribution in [0.4, 0.5) is 0 Å². The third-order valence-electron chi connectivity index (χ3n) is 1.98. The highest BCUT2D eigenvalue weighted by Gasteiger charge is 2.03. The fourth-order valence-electron chi connectivity index (χ4n) is 1.18. The van der Waals surface area contributed by atoms with E-state index in [0.29, 0.717) is 17.4 Å². The van der Waals surface area contributed by atoms with Crippen LogP contribution in [0.15, 0.2) is 18.2 Å². The molecule has 0 unspecified atom stereocenters. The molecule has 0 bridgehead atoms. The first-order valence-electron chi connectivity index (χ1n) is 4.38. The summed E-state index contributed by atoms with van der Waals surface area (Å²) >= 11 is 5.98. The highest BCUT2D eigenvalue weighted by atomic mass is 35.5. The maximum Gasteiger partial charge on any atom is 0.137 e. The van der Waals surface area contributed by atoms with E-state index < -0.39 is 0 Å². The van der Waals surface area contributed by atoms with Gasteiger partial charge in [-0.3, -0.25) is 4.90 Å². The van der Waals surface area contributed by atoms with Gasteiger partial charge in [0.15, 0.2) is 0 Å². The molecule has 78 valence electrons. The number of nitrogens with zero attached hydrogens (tertiary/aromatic N) is 1. The van der Waals surface area contributed by atoms with Gasteiger partial charge in [0.25, 0.3) is 0 Å². The molecule has 2 N–H and O–H groups in total. The molecule has 0 atom stereocenters. The molecule has 0 aliphatic heterocycles. The third-order valence-corrected chi connectivity index (χ3v) is 2.28. The molecule has 1 aromatic rings. The molecule has 0 aromatic heterocycles. The first kappa shape index (κ1) is 11.3. The molecule has 0 heterocycles. The smallest absolute Gasteiger partial charge is 0.137 e. The van der Waals surface area contributed by atoms with Crippen LogP contribution in [0, 0.1) is 0 Å². The molecule has 3 nitrogen and oxygen atoms in total. The number of halogens is 1. The second-order valence-corrected chi connectivity index (χ2v) is 3.57. The van der Waals surface area contributed by atoms with Crippen molar-refractivity contribution in [1.29, 1.82) is 0 Å². The van der Waals surface area contributed by atoms with Gasteiger partial charge in [0.05, 0.1) is 12.1 Å². The zero-order chi connectivity index (χ0) is 10.6. The van der Waals surface area contributed by atoms with Crippen LogP contribution in [0.1, 0.15) is 5.56 Å². The van der Waals surface area contributed by atoms with Crippen LogP contribution in [-0.4, -0.2) is 25.7 Å². The largest absolute Gasteiger partial charge is 0.495 e. The summed E-state index contributed by atoms with van der Waals surface area (Å²) in [5.41, 5.74) is 6.61. The van der Waals surface area contributed by atoms with Gasteiger partial charge in [0, 0.05) is 13.2 Å². The third kappa shape index (κ3) is 2.87. The van der Waals surface area contributed by atoms with Crippen molar-refractivity contribution in [1.82, 2.24) is 4.90 Å². The minimum Gasteiger partial charge on any atom is -0.495 e. The second-order valence-electron chi connectivity index (χ2n) is 3.17. The summed E-state index contributed by atoms with van der Waals surface area (Å²) in [6.45, 7) is 1.32. The van der Waals surface area contributed by atoms with E-state index in [4.69, 9.17) is 22.1 Å². The SMILES string of the molecule is COc1ccc(CN(C)CN)cc1Cl. The lowest BCUT2D eigenvalue weighted by atomic mass is 10.2. The zero-order valence-electron chi connectivity index (χ0n) is 8.46. The molecule has 0 saturated heterocycles. The predicted octanol–water partition coefficient (Wildman–Crippen LogP) is 1.70. The Morgan fingerprint density at radius 1 is 1.50 bits per heavy atom. The van der Waals surface area contributed by atoms with Gasteiger partial charge in [0.2, 0.25) is 0 Å². The molecule has 0 aliphatic rings. The molecule has 0 fully saturated rings. The van der Waals surface area contributed by atoms with Crippen molar-refractivity contribution >= 4 is 11.6 Å². The van der Waals surface area contributed by atoms with Crippen molar-refractivity contribution in [2.45, 2.75) is 6.54 Å². The van der Waals surface area contributed by atoms with Crippen LogP contribution in [0.5, 0.6) is 5.75 Å². The van der Waals surface area contributed by atoms with Crippen LogP contribution in [0.25, 0.3) is 0 Å². The molecular formula is C10H15ClN2O. The Labute approximate surface area is 89.4 Å². The fourth-order valence-corrected chi connectivity index (χ4v) is 1.46. The van der Waals surface area contributed by atoms with Crippen molar-refractivity contribution in [2.24, 2.45) is 5.73 Å². The van der Waals surface area contributed by atoms with Gasteiger partial charge in [-0.05, 0) is 24.7 Å². The summed E-state index contributed by atoms with van der Waals surface area (Å²) in [6.07, 6.45) is 0. The lowest BCUT2D eigenvalue weighted by molar-refractivity contribution is 0.337. The lowest BCUT2D eigenvalue weighted by Gasteiger charge is -2.14. The number of hydrogen-bond donors (Lipinski definition) is 1. The number of nitrogens with two attached hydrogens (primary N) is 1. The summed E-state index contributed by atoms with van der Waals surface area (Å²) < 4.78 is 5.06. The van der Waals surface area contributed by atoms with Crippen LogP contribution < -0.4 is 10.5 Å². The van der Waals surface area contributed by atoms with Crippen LogP contribution in [0.2, 0.25) is 5.02 Å². The van der Waals surface area contributed by atoms with E-state index in [1.165, 1.54) is 0 Å². The Hall–Kier alpha value is -0.770. The maximum atomic E-state index is 5.98. The monoisotopic (exact) mass is 214 g/mol. The van der Waals surface area contributed by atoms with E-state index in [1.54, 1.807) is 7.11 Å². The van der Waals surface area contributed by atoms with Gasteiger partial charge in [-0.1, -0.05) is 17.7 Å². The molecule has 1 aromatic carbocycles. The lowest BCUT2D eigenvalue weighted by Crippen LogP contribution is -2.24. The topological polar surface area (TPSA) is 38.5 Å². The Bertz CT molecular complexity index is 304. The molecule has 4 heteroatoms. The zero-order valence-corrected chi connectivity index (χ0v) is 9.21. The number of methoxy groups -OCH3 is 1. The Morgan fingerprint density at radius 3 is 2.71 bits per heavy atom. The molecule has 0 spiro atoms. The maximum absolute atomic E-state index is 5.98. The van der Waals surface area contributed by atoms with Gasteiger partial charge >= 0.3 is 0 Å². The van der Waals surface area contributed by atoms with E-state index in [2.05, 4.69) is 0 Å². The average Bonchev–Trinajstić information content (AvgIpc) is 2.18. The summed E-state index contributed by atoms with van der Waals surface area (Å²) in [5.74, 6) is 0.700. The normalized spacial score (nSPS) is 10.6. The Kier molecular flexibility index (Phi) is 4.20. The number of benzene rings is 1. The predicted molar refractivity (Wildman–Crippen MR) is 58.5 cm³/mol. The van der Waals surface area contributed by atoms with E-state index >= 15 is 0 Å². The van der Waals surface area contributed by atoms with Crippen LogP contribution in [-0.2, 0) is 6.54 Å². The molecular weight excluding hydrogens is 200 g/mol. The quantitative estimate of drug-likeness (QED) is 0.776. The van der Waals surface area contributed by atoms with E-state index in [-0.39, 0.29) is 0 Å². The molecule has 0 radical (unpaired) electrons. The van der Waals surface area contributed by atoms with Crippen LogP contribution in [0.3, 0.4) is 0 Å². The first-order chi connectivity index (χ1) is 6.67. The molecule has 14 heavy (non-hydrogen) atoms. The van der Waals surface area contributed by atoms with Gasteiger partial charge < -0.3 is 10.5 Å². The highest BCUT2D eigenvalue weighted by Crippen LogP contribution is 2.25. The van der Waals surface area contributed by atoms with Crippen molar-refractivity contribution < 1.29 is 4.74 Å². The molecule has 1 rings (SSSR count). The Morgan fingerprint density at radius 2 is 2.21 bits per heavy atom. The molecule has 0 amide bonds. The number of hydrogen-bond acceptors (Lipinski definition) is 3. The Balaban J connectivity index is 2.76. The molecule has 0 saturated carbocycles. The van der Waals surface area contributed by atoms with E-state index in [9.17, 15) is 0 Å². The van der Waals surface area contributed by atoms with Crippen molar-refractivity contribution in [2.75, 3.05) is 20.8 Å². The van der Waals surface area contributed by atoms with Crippen molar-refractivity contribution in [3.63, 3.8) is 0 Å². The van der Waals surface area contributed by atoms with Gasteiger partial charge in [-0.25, -0.2) is 0 Å². The first-order valence-corrected chi connectivity index (χ1v) is 4.76. The van der Waals surface area contributed by atoms with Crippen LogP contribution >= 0.6 is 11.6 Å². The summed E-state index contributed by atoms with van der Waals surface area (Å²) in [5, 5.41) is 0.635. The summed E-state index contributed by atoms with van der Waals surface area (Å²) in [6, 6.07) is 5.74.